The molecule has 0 aliphatic heterocycles. The third kappa shape index (κ3) is 4.37. The molecule has 0 spiro atoms. The van der Waals surface area contributed by atoms with Gasteiger partial charge in [0.1, 0.15) is 5.75 Å². The van der Waals surface area contributed by atoms with E-state index < -0.39 is 5.97 Å². The fourth-order valence-electron chi connectivity index (χ4n) is 2.72. The lowest BCUT2D eigenvalue weighted by molar-refractivity contribution is 0.0689. The standard InChI is InChI=1S/C19H18Cl2N4O3/c1-24(13-5-8-15(20)16(21)9-13)11-17-18(19(26)27)22-23-25(17)10-12-3-6-14(28-2)7-4-12/h3-9H,10-11H2,1-2H3,(H,26,27). The second-order valence-corrected chi connectivity index (χ2v) is 6.96. The Bertz CT molecular complexity index is 989. The molecule has 0 aliphatic rings. The number of hydrogen-bond donors (Lipinski definition) is 1. The van der Waals surface area contributed by atoms with Crippen molar-refractivity contribution in [3.05, 3.63) is 69.5 Å². The first-order valence-electron chi connectivity index (χ1n) is 8.34. The van der Waals surface area contributed by atoms with E-state index in [-0.39, 0.29) is 12.2 Å². The number of anilines is 1. The van der Waals surface area contributed by atoms with E-state index in [4.69, 9.17) is 27.9 Å². The van der Waals surface area contributed by atoms with Gasteiger partial charge in [-0.05, 0) is 35.9 Å². The van der Waals surface area contributed by atoms with Crippen molar-refractivity contribution in [1.29, 1.82) is 0 Å². The van der Waals surface area contributed by atoms with Crippen molar-refractivity contribution >= 4 is 34.9 Å². The Morgan fingerprint density at radius 1 is 1.18 bits per heavy atom. The highest BCUT2D eigenvalue weighted by molar-refractivity contribution is 6.42. The minimum Gasteiger partial charge on any atom is -0.497 e. The molecule has 0 aliphatic carbocycles. The highest BCUT2D eigenvalue weighted by atomic mass is 35.5. The van der Waals surface area contributed by atoms with Crippen LogP contribution in [0.25, 0.3) is 0 Å². The van der Waals surface area contributed by atoms with Gasteiger partial charge in [0.15, 0.2) is 5.69 Å². The summed E-state index contributed by atoms with van der Waals surface area (Å²) in [6, 6.07) is 12.7. The molecule has 1 N–H and O–H groups in total. The molecule has 2 aromatic carbocycles. The molecule has 146 valence electrons. The molecule has 3 rings (SSSR count). The smallest absolute Gasteiger partial charge is 0.358 e. The van der Waals surface area contributed by atoms with E-state index in [0.29, 0.717) is 22.3 Å². The van der Waals surface area contributed by atoms with Crippen LogP contribution in [0, 0.1) is 0 Å². The number of carboxylic acids is 1. The Balaban J connectivity index is 1.88. The molecule has 9 heteroatoms. The zero-order chi connectivity index (χ0) is 20.3. The minimum atomic E-state index is -1.13. The highest BCUT2D eigenvalue weighted by Gasteiger charge is 2.21. The summed E-state index contributed by atoms with van der Waals surface area (Å²) in [6.45, 7) is 0.664. The van der Waals surface area contributed by atoms with Crippen molar-refractivity contribution in [2.75, 3.05) is 19.1 Å². The number of benzene rings is 2. The summed E-state index contributed by atoms with van der Waals surface area (Å²) in [5.74, 6) is -0.383. The van der Waals surface area contributed by atoms with Gasteiger partial charge in [-0.2, -0.15) is 0 Å². The molecule has 0 saturated heterocycles. The van der Waals surface area contributed by atoms with Crippen LogP contribution in [0.2, 0.25) is 10.0 Å². The second kappa shape index (κ2) is 8.50. The predicted octanol–water partition coefficient (Wildman–Crippen LogP) is 3.98. The molecule has 7 nitrogen and oxygen atoms in total. The van der Waals surface area contributed by atoms with E-state index in [9.17, 15) is 9.90 Å². The predicted molar refractivity (Wildman–Crippen MR) is 108 cm³/mol. The second-order valence-electron chi connectivity index (χ2n) is 6.15. The number of halogens is 2. The fraction of sp³-hybridized carbons (Fsp3) is 0.211. The van der Waals surface area contributed by atoms with Crippen LogP contribution in [0.15, 0.2) is 42.5 Å². The molecular weight excluding hydrogens is 403 g/mol. The molecular formula is C19H18Cl2N4O3. The van der Waals surface area contributed by atoms with Crippen LogP contribution < -0.4 is 9.64 Å². The molecule has 0 unspecified atom stereocenters. The Morgan fingerprint density at radius 2 is 1.89 bits per heavy atom. The van der Waals surface area contributed by atoms with Crippen LogP contribution >= 0.6 is 23.2 Å². The maximum absolute atomic E-state index is 11.6. The Morgan fingerprint density at radius 3 is 2.50 bits per heavy atom. The van der Waals surface area contributed by atoms with E-state index in [0.717, 1.165) is 17.0 Å². The van der Waals surface area contributed by atoms with E-state index in [2.05, 4.69) is 10.3 Å². The molecule has 0 radical (unpaired) electrons. The molecule has 3 aromatic rings. The highest BCUT2D eigenvalue weighted by Crippen LogP contribution is 2.27. The molecule has 1 aromatic heterocycles. The van der Waals surface area contributed by atoms with Crippen LogP contribution in [0.4, 0.5) is 5.69 Å². The zero-order valence-corrected chi connectivity index (χ0v) is 16.8. The average molecular weight is 421 g/mol. The van der Waals surface area contributed by atoms with Crippen molar-refractivity contribution in [3.8, 4) is 5.75 Å². The van der Waals surface area contributed by atoms with Gasteiger partial charge in [-0.25, -0.2) is 9.48 Å². The van der Waals surface area contributed by atoms with Gasteiger partial charge >= 0.3 is 5.97 Å². The number of carbonyl (C=O) groups is 1. The van der Waals surface area contributed by atoms with E-state index >= 15 is 0 Å². The number of rotatable bonds is 7. The lowest BCUT2D eigenvalue weighted by Crippen LogP contribution is -2.21. The quantitative estimate of drug-likeness (QED) is 0.622. The first-order valence-corrected chi connectivity index (χ1v) is 9.09. The molecule has 0 amide bonds. The maximum atomic E-state index is 11.6. The van der Waals surface area contributed by atoms with Gasteiger partial charge in [0, 0.05) is 12.7 Å². The van der Waals surface area contributed by atoms with Crippen molar-refractivity contribution in [2.45, 2.75) is 13.1 Å². The summed E-state index contributed by atoms with van der Waals surface area (Å²) in [5, 5.41) is 18.2. The number of aromatic nitrogens is 3. The van der Waals surface area contributed by atoms with Crippen LogP contribution in [0.5, 0.6) is 5.75 Å². The fourth-order valence-corrected chi connectivity index (χ4v) is 3.02. The first-order chi connectivity index (χ1) is 13.4. The molecule has 0 saturated carbocycles. The Labute approximate surface area is 172 Å². The topological polar surface area (TPSA) is 80.5 Å². The molecule has 28 heavy (non-hydrogen) atoms. The summed E-state index contributed by atoms with van der Waals surface area (Å²) in [4.78, 5) is 13.5. The zero-order valence-electron chi connectivity index (χ0n) is 15.3. The van der Waals surface area contributed by atoms with Crippen molar-refractivity contribution in [2.24, 2.45) is 0 Å². The summed E-state index contributed by atoms with van der Waals surface area (Å²) >= 11 is 12.1. The monoisotopic (exact) mass is 420 g/mol. The van der Waals surface area contributed by atoms with Crippen molar-refractivity contribution in [1.82, 2.24) is 15.0 Å². The molecule has 0 atom stereocenters. The van der Waals surface area contributed by atoms with Crippen LogP contribution in [0.3, 0.4) is 0 Å². The number of hydrogen-bond acceptors (Lipinski definition) is 5. The van der Waals surface area contributed by atoms with Gasteiger partial charge in [0.05, 0.1) is 35.9 Å². The molecule has 0 fully saturated rings. The van der Waals surface area contributed by atoms with Crippen LogP contribution in [-0.4, -0.2) is 40.2 Å². The van der Waals surface area contributed by atoms with Gasteiger partial charge in [-0.3, -0.25) is 0 Å². The van der Waals surface area contributed by atoms with Gasteiger partial charge < -0.3 is 14.7 Å². The number of nitrogens with zero attached hydrogens (tertiary/aromatic N) is 4. The van der Waals surface area contributed by atoms with Crippen LogP contribution in [-0.2, 0) is 13.1 Å². The summed E-state index contributed by atoms with van der Waals surface area (Å²) in [6.07, 6.45) is 0. The minimum absolute atomic E-state index is 0.0829. The Hall–Kier alpha value is -2.77. The van der Waals surface area contributed by atoms with Crippen LogP contribution in [0.1, 0.15) is 21.7 Å². The van der Waals surface area contributed by atoms with Crippen molar-refractivity contribution < 1.29 is 14.6 Å². The van der Waals surface area contributed by atoms with E-state index in [1.165, 1.54) is 0 Å². The van der Waals surface area contributed by atoms with Gasteiger partial charge in [0.25, 0.3) is 0 Å². The Kier molecular flexibility index (Phi) is 6.06. The summed E-state index contributed by atoms with van der Waals surface area (Å²) in [7, 11) is 3.43. The van der Waals surface area contributed by atoms with Gasteiger partial charge in [0.2, 0.25) is 0 Å². The number of aromatic carboxylic acids is 1. The SMILES string of the molecule is COc1ccc(Cn2nnc(C(=O)O)c2CN(C)c2ccc(Cl)c(Cl)c2)cc1. The lowest BCUT2D eigenvalue weighted by atomic mass is 10.2. The summed E-state index contributed by atoms with van der Waals surface area (Å²) in [5.41, 5.74) is 2.14. The van der Waals surface area contributed by atoms with Gasteiger partial charge in [-0.15, -0.1) is 5.10 Å². The number of ether oxygens (including phenoxy) is 1. The third-order valence-electron chi connectivity index (χ3n) is 4.26. The number of carboxylic acid groups (broad SMARTS) is 1. The normalized spacial score (nSPS) is 10.7. The van der Waals surface area contributed by atoms with Crippen molar-refractivity contribution in [3.63, 3.8) is 0 Å². The third-order valence-corrected chi connectivity index (χ3v) is 5.00. The average Bonchev–Trinajstić information content (AvgIpc) is 3.07. The van der Waals surface area contributed by atoms with E-state index in [1.54, 1.807) is 23.9 Å². The van der Waals surface area contributed by atoms with E-state index in [1.807, 2.05) is 42.3 Å². The largest absolute Gasteiger partial charge is 0.497 e. The first kappa shape index (κ1) is 20.0. The number of methoxy groups -OCH3 is 1. The molecule has 0 bridgehead atoms. The molecule has 1 heterocycles. The maximum Gasteiger partial charge on any atom is 0.358 e. The lowest BCUT2D eigenvalue weighted by Gasteiger charge is -2.20. The van der Waals surface area contributed by atoms with Gasteiger partial charge in [-0.1, -0.05) is 40.5 Å². The summed E-state index contributed by atoms with van der Waals surface area (Å²) < 4.78 is 6.74.